The summed E-state index contributed by atoms with van der Waals surface area (Å²) in [4.78, 5) is 26.7. The Bertz CT molecular complexity index is 183. The Balaban J connectivity index is 4.10. The van der Waals surface area contributed by atoms with Crippen LogP contribution >= 0.6 is 7.60 Å². The minimum atomic E-state index is -4.33. The topological polar surface area (TPSA) is 115 Å². The van der Waals surface area contributed by atoms with E-state index in [0.29, 0.717) is 0 Å². The third-order valence-electron chi connectivity index (χ3n) is 1.03. The first-order valence-electron chi connectivity index (χ1n) is 2.75. The standard InChI is InChI=1S/C4H9O6P/c5-1-3(4(6)7)2-11(8,9)10/h3,5H,1-2H2,(H,6,7)(H2,8,9,10). The van der Waals surface area contributed by atoms with Gasteiger partial charge in [-0.25, -0.2) is 0 Å². The van der Waals surface area contributed by atoms with E-state index in [1.807, 2.05) is 0 Å². The third-order valence-corrected chi connectivity index (χ3v) is 1.94. The number of aliphatic hydroxyl groups is 1. The number of aliphatic hydroxyl groups excluding tert-OH is 1. The van der Waals surface area contributed by atoms with Crippen molar-refractivity contribution in [1.82, 2.24) is 0 Å². The lowest BCUT2D eigenvalue weighted by atomic mass is 10.2. The molecular weight excluding hydrogens is 175 g/mol. The van der Waals surface area contributed by atoms with Crippen molar-refractivity contribution in [3.63, 3.8) is 0 Å². The van der Waals surface area contributed by atoms with Crippen LogP contribution in [-0.4, -0.2) is 38.7 Å². The minimum Gasteiger partial charge on any atom is -0.481 e. The molecule has 1 atom stereocenters. The van der Waals surface area contributed by atoms with E-state index in [0.717, 1.165) is 0 Å². The fourth-order valence-corrected chi connectivity index (χ4v) is 1.35. The summed E-state index contributed by atoms with van der Waals surface area (Å²) in [6, 6.07) is 0. The Morgan fingerprint density at radius 2 is 1.91 bits per heavy atom. The van der Waals surface area contributed by atoms with Crippen LogP contribution in [-0.2, 0) is 9.36 Å². The molecular formula is C4H9O6P. The van der Waals surface area contributed by atoms with E-state index >= 15 is 0 Å². The van der Waals surface area contributed by atoms with Gasteiger partial charge in [-0.15, -0.1) is 0 Å². The smallest absolute Gasteiger partial charge is 0.326 e. The molecule has 0 heterocycles. The number of hydrogen-bond acceptors (Lipinski definition) is 3. The van der Waals surface area contributed by atoms with Gasteiger partial charge in [-0.1, -0.05) is 0 Å². The molecule has 0 aliphatic heterocycles. The molecule has 0 saturated carbocycles. The van der Waals surface area contributed by atoms with Gasteiger partial charge in [0.15, 0.2) is 0 Å². The monoisotopic (exact) mass is 184 g/mol. The maximum atomic E-state index is 10.2. The first kappa shape index (κ1) is 10.6. The molecule has 0 aromatic rings. The van der Waals surface area contributed by atoms with Gasteiger partial charge < -0.3 is 20.0 Å². The molecule has 7 heteroatoms. The Morgan fingerprint density at radius 3 is 2.00 bits per heavy atom. The Kier molecular flexibility index (Phi) is 3.68. The molecule has 1 unspecified atom stereocenters. The van der Waals surface area contributed by atoms with E-state index in [1.54, 1.807) is 0 Å². The molecule has 0 aromatic heterocycles. The van der Waals surface area contributed by atoms with Crippen molar-refractivity contribution in [2.24, 2.45) is 5.92 Å². The first-order valence-corrected chi connectivity index (χ1v) is 4.55. The lowest BCUT2D eigenvalue weighted by molar-refractivity contribution is -0.142. The average molecular weight is 184 g/mol. The van der Waals surface area contributed by atoms with Crippen LogP contribution in [0.4, 0.5) is 0 Å². The van der Waals surface area contributed by atoms with Crippen LogP contribution < -0.4 is 0 Å². The molecule has 0 aliphatic rings. The molecule has 11 heavy (non-hydrogen) atoms. The third kappa shape index (κ3) is 4.92. The van der Waals surface area contributed by atoms with Crippen LogP contribution in [0.3, 0.4) is 0 Å². The van der Waals surface area contributed by atoms with Gasteiger partial charge in [-0.2, -0.15) is 0 Å². The summed E-state index contributed by atoms with van der Waals surface area (Å²) < 4.78 is 10.2. The SMILES string of the molecule is O=C(O)C(CO)CP(=O)(O)O. The quantitative estimate of drug-likeness (QED) is 0.410. The summed E-state index contributed by atoms with van der Waals surface area (Å²) in [6.07, 6.45) is -0.821. The van der Waals surface area contributed by atoms with Crippen LogP contribution in [0.1, 0.15) is 0 Å². The summed E-state index contributed by atoms with van der Waals surface area (Å²) in [6.45, 7) is -0.763. The molecule has 0 spiro atoms. The molecule has 6 nitrogen and oxygen atoms in total. The van der Waals surface area contributed by atoms with Gasteiger partial charge in [0.05, 0.1) is 18.7 Å². The highest BCUT2D eigenvalue weighted by molar-refractivity contribution is 7.51. The van der Waals surface area contributed by atoms with E-state index < -0.39 is 32.3 Å². The second-order valence-corrected chi connectivity index (χ2v) is 3.76. The summed E-state index contributed by atoms with van der Waals surface area (Å²) in [5.74, 6) is -2.79. The Hall–Kier alpha value is -0.420. The largest absolute Gasteiger partial charge is 0.481 e. The van der Waals surface area contributed by atoms with E-state index in [1.165, 1.54) is 0 Å². The molecule has 0 rings (SSSR count). The molecule has 66 valence electrons. The summed E-state index contributed by atoms with van der Waals surface area (Å²) in [7, 11) is -4.33. The highest BCUT2D eigenvalue weighted by atomic mass is 31.2. The fraction of sp³-hybridized carbons (Fsp3) is 0.750. The zero-order valence-electron chi connectivity index (χ0n) is 5.54. The molecule has 4 N–H and O–H groups in total. The van der Waals surface area contributed by atoms with Crippen LogP contribution in [0, 0.1) is 5.92 Å². The van der Waals surface area contributed by atoms with Crippen molar-refractivity contribution in [3.05, 3.63) is 0 Å². The van der Waals surface area contributed by atoms with Crippen molar-refractivity contribution in [1.29, 1.82) is 0 Å². The number of carbonyl (C=O) groups is 1. The molecule has 0 amide bonds. The van der Waals surface area contributed by atoms with Gasteiger partial charge in [0.2, 0.25) is 0 Å². The first-order chi connectivity index (χ1) is 4.87. The van der Waals surface area contributed by atoms with Crippen molar-refractivity contribution >= 4 is 13.6 Å². The van der Waals surface area contributed by atoms with Crippen molar-refractivity contribution < 1.29 is 29.4 Å². The maximum Gasteiger partial charge on any atom is 0.326 e. The maximum absolute atomic E-state index is 10.2. The molecule has 0 radical (unpaired) electrons. The number of carboxylic acid groups (broad SMARTS) is 1. The zero-order chi connectivity index (χ0) is 9.07. The van der Waals surface area contributed by atoms with Crippen molar-refractivity contribution in [3.8, 4) is 0 Å². The van der Waals surface area contributed by atoms with Gasteiger partial charge in [0.1, 0.15) is 0 Å². The Labute approximate surface area is 62.6 Å². The van der Waals surface area contributed by atoms with Gasteiger partial charge >= 0.3 is 13.6 Å². The summed E-state index contributed by atoms with van der Waals surface area (Å²) in [5, 5.41) is 16.6. The number of aliphatic carboxylic acids is 1. The minimum absolute atomic E-state index is 0.763. The average Bonchev–Trinajstić information content (AvgIpc) is 1.80. The molecule has 0 saturated heterocycles. The Morgan fingerprint density at radius 1 is 1.45 bits per heavy atom. The van der Waals surface area contributed by atoms with Crippen LogP contribution in [0.2, 0.25) is 0 Å². The van der Waals surface area contributed by atoms with Crippen molar-refractivity contribution in [2.45, 2.75) is 0 Å². The fourth-order valence-electron chi connectivity index (χ4n) is 0.501. The second kappa shape index (κ2) is 3.82. The highest BCUT2D eigenvalue weighted by Crippen LogP contribution is 2.36. The van der Waals surface area contributed by atoms with E-state index in [9.17, 15) is 9.36 Å². The highest BCUT2D eigenvalue weighted by Gasteiger charge is 2.26. The molecule has 0 aromatic carbocycles. The van der Waals surface area contributed by atoms with Crippen LogP contribution in [0.5, 0.6) is 0 Å². The van der Waals surface area contributed by atoms with Crippen LogP contribution in [0.25, 0.3) is 0 Å². The molecule has 0 aliphatic carbocycles. The normalized spacial score (nSPS) is 14.5. The number of carboxylic acids is 1. The van der Waals surface area contributed by atoms with Gasteiger partial charge in [0, 0.05) is 0 Å². The van der Waals surface area contributed by atoms with E-state index in [2.05, 4.69) is 0 Å². The zero-order valence-corrected chi connectivity index (χ0v) is 6.44. The lowest BCUT2D eigenvalue weighted by Crippen LogP contribution is -2.21. The second-order valence-electron chi connectivity index (χ2n) is 2.06. The van der Waals surface area contributed by atoms with Crippen LogP contribution in [0.15, 0.2) is 0 Å². The summed E-state index contributed by atoms with van der Waals surface area (Å²) >= 11 is 0. The van der Waals surface area contributed by atoms with Crippen molar-refractivity contribution in [2.75, 3.05) is 12.8 Å². The number of rotatable bonds is 4. The van der Waals surface area contributed by atoms with Gasteiger partial charge in [0.25, 0.3) is 0 Å². The lowest BCUT2D eigenvalue weighted by Gasteiger charge is -2.08. The summed E-state index contributed by atoms with van der Waals surface area (Å²) in [5.41, 5.74) is 0. The number of hydrogen-bond donors (Lipinski definition) is 4. The predicted molar refractivity (Wildman–Crippen MR) is 35.1 cm³/mol. The van der Waals surface area contributed by atoms with E-state index in [-0.39, 0.29) is 0 Å². The van der Waals surface area contributed by atoms with Gasteiger partial charge in [-0.3, -0.25) is 9.36 Å². The van der Waals surface area contributed by atoms with Gasteiger partial charge in [-0.05, 0) is 0 Å². The molecule has 0 bridgehead atoms. The predicted octanol–water partition coefficient (Wildman–Crippen LogP) is -1.14. The molecule has 0 fully saturated rings. The van der Waals surface area contributed by atoms with E-state index in [4.69, 9.17) is 20.0 Å².